The normalized spacial score (nSPS) is 49.2. The summed E-state index contributed by atoms with van der Waals surface area (Å²) in [5.41, 5.74) is 0. The first-order valence-corrected chi connectivity index (χ1v) is 3.56. The van der Waals surface area contributed by atoms with Gasteiger partial charge in [0.05, 0.1) is 6.61 Å². The van der Waals surface area contributed by atoms with Gasteiger partial charge in [0.25, 0.3) is 0 Å². The van der Waals surface area contributed by atoms with Crippen LogP contribution >= 0.6 is 0 Å². The molecule has 0 spiro atoms. The predicted molar refractivity (Wildman–Crippen MR) is 36.0 cm³/mol. The fraction of sp³-hybridized carbons (Fsp3) is 1.00. The summed E-state index contributed by atoms with van der Waals surface area (Å²) >= 11 is 0. The average Bonchev–Trinajstić information content (AvgIpc) is 2.08. The molecule has 5 N–H and O–H groups in total. The standard InChI is InChI=1S/C6H12O6/c7-1-2-3(8)4(9)5(10)6(11)12-2/h2-11H,1H2/t2?,3-,4+,5+,6?/m0/s1. The Morgan fingerprint density at radius 2 is 1.50 bits per heavy atom. The molecule has 0 aromatic carbocycles. The maximum atomic E-state index is 9.12. The van der Waals surface area contributed by atoms with Gasteiger partial charge in [-0.1, -0.05) is 0 Å². The van der Waals surface area contributed by atoms with Crippen LogP contribution in [-0.4, -0.2) is 62.8 Å². The third kappa shape index (κ3) is 1.58. The zero-order chi connectivity index (χ0) is 9.30. The average molecular weight is 180 g/mol. The summed E-state index contributed by atoms with van der Waals surface area (Å²) in [6.45, 7) is -0.526. The van der Waals surface area contributed by atoms with E-state index in [0.717, 1.165) is 0 Å². The van der Waals surface area contributed by atoms with Crippen LogP contribution in [-0.2, 0) is 4.74 Å². The highest BCUT2D eigenvalue weighted by Crippen LogP contribution is 2.18. The minimum Gasteiger partial charge on any atom is -0.394 e. The van der Waals surface area contributed by atoms with Crippen LogP contribution in [0.2, 0.25) is 0 Å². The Morgan fingerprint density at radius 3 is 2.00 bits per heavy atom. The van der Waals surface area contributed by atoms with Crippen molar-refractivity contribution in [3.05, 3.63) is 0 Å². The van der Waals surface area contributed by atoms with Crippen molar-refractivity contribution in [1.29, 1.82) is 0 Å². The van der Waals surface area contributed by atoms with Gasteiger partial charge < -0.3 is 30.3 Å². The minimum absolute atomic E-state index is 0.526. The summed E-state index contributed by atoms with van der Waals surface area (Å²) in [4.78, 5) is 0. The van der Waals surface area contributed by atoms with Crippen molar-refractivity contribution >= 4 is 0 Å². The third-order valence-corrected chi connectivity index (χ3v) is 1.87. The number of aliphatic hydroxyl groups is 5. The lowest BCUT2D eigenvalue weighted by atomic mass is 10.00. The lowest BCUT2D eigenvalue weighted by molar-refractivity contribution is -0.286. The lowest BCUT2D eigenvalue weighted by Crippen LogP contribution is -2.58. The SMILES string of the molecule is OCC1OC(O)[C@H](O)[C@H](O)[C@H]1O. The van der Waals surface area contributed by atoms with Crippen LogP contribution in [0.3, 0.4) is 0 Å². The van der Waals surface area contributed by atoms with Gasteiger partial charge in [0.2, 0.25) is 0 Å². The van der Waals surface area contributed by atoms with Crippen molar-refractivity contribution < 1.29 is 30.3 Å². The van der Waals surface area contributed by atoms with Gasteiger partial charge in [-0.2, -0.15) is 0 Å². The van der Waals surface area contributed by atoms with E-state index in [9.17, 15) is 0 Å². The molecule has 6 heteroatoms. The van der Waals surface area contributed by atoms with Crippen molar-refractivity contribution in [2.75, 3.05) is 6.61 Å². The molecule has 0 bridgehead atoms. The summed E-state index contributed by atoms with van der Waals surface area (Å²) in [5, 5.41) is 44.7. The van der Waals surface area contributed by atoms with Gasteiger partial charge in [0, 0.05) is 0 Å². The quantitative estimate of drug-likeness (QED) is 0.290. The molecule has 1 fully saturated rings. The predicted octanol–water partition coefficient (Wildman–Crippen LogP) is -3.22. The number of rotatable bonds is 1. The van der Waals surface area contributed by atoms with Crippen molar-refractivity contribution in [1.82, 2.24) is 0 Å². The third-order valence-electron chi connectivity index (χ3n) is 1.87. The smallest absolute Gasteiger partial charge is 0.184 e. The molecule has 12 heavy (non-hydrogen) atoms. The van der Waals surface area contributed by atoms with Gasteiger partial charge in [0.1, 0.15) is 24.4 Å². The van der Waals surface area contributed by atoms with Crippen LogP contribution in [0.5, 0.6) is 0 Å². The summed E-state index contributed by atoms with van der Waals surface area (Å²) in [5.74, 6) is 0. The highest BCUT2D eigenvalue weighted by atomic mass is 16.6. The lowest BCUT2D eigenvalue weighted by Gasteiger charge is -2.37. The molecule has 6 nitrogen and oxygen atoms in total. The van der Waals surface area contributed by atoms with Gasteiger partial charge in [0.15, 0.2) is 6.29 Å². The maximum absolute atomic E-state index is 9.12. The maximum Gasteiger partial charge on any atom is 0.184 e. The van der Waals surface area contributed by atoms with Crippen LogP contribution in [0.1, 0.15) is 0 Å². The molecular formula is C6H12O6. The fourth-order valence-electron chi connectivity index (χ4n) is 1.08. The van der Waals surface area contributed by atoms with E-state index >= 15 is 0 Å². The summed E-state index contributed by atoms with van der Waals surface area (Å²) in [6.07, 6.45) is -7.04. The first-order valence-electron chi connectivity index (χ1n) is 3.56. The Labute approximate surface area is 68.6 Å². The number of hydrogen-bond acceptors (Lipinski definition) is 6. The molecule has 2 unspecified atom stereocenters. The molecule has 0 aliphatic carbocycles. The molecule has 1 heterocycles. The van der Waals surface area contributed by atoms with Gasteiger partial charge in [-0.15, -0.1) is 0 Å². The molecule has 1 aliphatic heterocycles. The Bertz CT molecular complexity index is 146. The van der Waals surface area contributed by atoms with Gasteiger partial charge in [-0.25, -0.2) is 0 Å². The second-order valence-electron chi connectivity index (χ2n) is 2.72. The molecule has 1 aliphatic rings. The van der Waals surface area contributed by atoms with Crippen molar-refractivity contribution in [3.63, 3.8) is 0 Å². The number of hydrogen-bond donors (Lipinski definition) is 5. The van der Waals surface area contributed by atoms with Gasteiger partial charge in [-0.05, 0) is 0 Å². The Balaban J connectivity index is 2.63. The molecular weight excluding hydrogens is 168 g/mol. The highest BCUT2D eigenvalue weighted by molar-refractivity contribution is 4.87. The van der Waals surface area contributed by atoms with Gasteiger partial charge >= 0.3 is 0 Å². The molecule has 0 saturated carbocycles. The largest absolute Gasteiger partial charge is 0.394 e. The molecule has 1 saturated heterocycles. The van der Waals surface area contributed by atoms with Crippen LogP contribution < -0.4 is 0 Å². The second kappa shape index (κ2) is 3.65. The first-order chi connectivity index (χ1) is 5.57. The zero-order valence-corrected chi connectivity index (χ0v) is 6.24. The summed E-state index contributed by atoms with van der Waals surface area (Å²) in [6, 6.07) is 0. The molecule has 72 valence electrons. The summed E-state index contributed by atoms with van der Waals surface area (Å²) < 4.78 is 4.58. The van der Waals surface area contributed by atoms with Gasteiger partial charge in [-0.3, -0.25) is 0 Å². The Kier molecular flexibility index (Phi) is 2.99. The topological polar surface area (TPSA) is 110 Å². The Hall–Kier alpha value is -0.240. The van der Waals surface area contributed by atoms with Crippen LogP contribution in [0.15, 0.2) is 0 Å². The van der Waals surface area contributed by atoms with Crippen LogP contribution in [0.4, 0.5) is 0 Å². The monoisotopic (exact) mass is 180 g/mol. The highest BCUT2D eigenvalue weighted by Gasteiger charge is 2.42. The van der Waals surface area contributed by atoms with E-state index in [1.165, 1.54) is 0 Å². The van der Waals surface area contributed by atoms with Crippen molar-refractivity contribution in [2.45, 2.75) is 30.7 Å². The molecule has 1 rings (SSSR count). The molecule has 0 aromatic heterocycles. The molecule has 0 radical (unpaired) electrons. The molecule has 0 amide bonds. The van der Waals surface area contributed by atoms with E-state index in [4.69, 9.17) is 25.5 Å². The van der Waals surface area contributed by atoms with E-state index in [1.807, 2.05) is 0 Å². The number of ether oxygens (including phenoxy) is 1. The molecule has 5 atom stereocenters. The van der Waals surface area contributed by atoms with Crippen molar-refractivity contribution in [3.8, 4) is 0 Å². The van der Waals surface area contributed by atoms with E-state index in [2.05, 4.69) is 4.74 Å². The first kappa shape index (κ1) is 9.85. The Morgan fingerprint density at radius 1 is 0.917 bits per heavy atom. The van der Waals surface area contributed by atoms with E-state index in [-0.39, 0.29) is 0 Å². The number of aliphatic hydroxyl groups excluding tert-OH is 5. The van der Waals surface area contributed by atoms with Crippen LogP contribution in [0, 0.1) is 0 Å². The van der Waals surface area contributed by atoms with Crippen molar-refractivity contribution in [2.24, 2.45) is 0 Å². The minimum atomic E-state index is -1.57. The second-order valence-corrected chi connectivity index (χ2v) is 2.72. The van der Waals surface area contributed by atoms with E-state index < -0.39 is 37.3 Å². The van der Waals surface area contributed by atoms with Crippen LogP contribution in [0.25, 0.3) is 0 Å². The van der Waals surface area contributed by atoms with E-state index in [1.54, 1.807) is 0 Å². The fourth-order valence-corrected chi connectivity index (χ4v) is 1.08. The zero-order valence-electron chi connectivity index (χ0n) is 6.24. The summed E-state index contributed by atoms with van der Waals surface area (Å²) in [7, 11) is 0. The molecule has 0 aromatic rings. The van der Waals surface area contributed by atoms with E-state index in [0.29, 0.717) is 0 Å².